The lowest BCUT2D eigenvalue weighted by atomic mass is 10.1. The molecule has 0 aliphatic rings. The number of imidazole rings is 1. The van der Waals surface area contributed by atoms with E-state index in [1.54, 1.807) is 6.92 Å². The van der Waals surface area contributed by atoms with Crippen molar-refractivity contribution < 1.29 is 9.59 Å². The maximum absolute atomic E-state index is 12.5. The molecule has 2 aromatic carbocycles. The molecule has 4 aromatic rings. The Labute approximate surface area is 171 Å². The highest BCUT2D eigenvalue weighted by Gasteiger charge is 2.21. The molecule has 0 fully saturated rings. The van der Waals surface area contributed by atoms with Gasteiger partial charge in [0.15, 0.2) is 5.16 Å². The molecule has 0 radical (unpaired) electrons. The van der Waals surface area contributed by atoms with Crippen LogP contribution in [0.1, 0.15) is 18.1 Å². The van der Waals surface area contributed by atoms with Crippen molar-refractivity contribution in [3.05, 3.63) is 53.6 Å². The minimum absolute atomic E-state index is 0.405. The molecule has 29 heavy (non-hydrogen) atoms. The van der Waals surface area contributed by atoms with E-state index in [2.05, 4.69) is 25.8 Å². The van der Waals surface area contributed by atoms with Crippen molar-refractivity contribution in [1.82, 2.24) is 24.9 Å². The van der Waals surface area contributed by atoms with Crippen LogP contribution in [-0.4, -0.2) is 36.8 Å². The third-order valence-corrected chi connectivity index (χ3v) is 5.57. The standard InChI is InChI=1S/C20H20N6O2S/c1-11-8-9-14(12(2)10-11)22-19(28)23-17(27)13(3)29-20-25-24-18-21-15-6-4-5-7-16(15)26(18)20/h4-10,13H,1-3H3,(H,21,24)(H2,22,23,27,28). The van der Waals surface area contributed by atoms with Crippen molar-refractivity contribution in [3.63, 3.8) is 0 Å². The highest BCUT2D eigenvalue weighted by atomic mass is 32.2. The maximum Gasteiger partial charge on any atom is 0.325 e. The van der Waals surface area contributed by atoms with Crippen molar-refractivity contribution in [3.8, 4) is 0 Å². The van der Waals surface area contributed by atoms with Gasteiger partial charge in [-0.3, -0.25) is 14.5 Å². The van der Waals surface area contributed by atoms with Crippen LogP contribution in [0.25, 0.3) is 16.8 Å². The third kappa shape index (κ3) is 3.81. The van der Waals surface area contributed by atoms with Crippen molar-refractivity contribution in [2.75, 3.05) is 5.32 Å². The first kappa shape index (κ1) is 19.0. The number of nitrogens with one attached hydrogen (secondary N) is 3. The fourth-order valence-corrected chi connectivity index (χ4v) is 3.92. The first-order valence-electron chi connectivity index (χ1n) is 9.09. The molecule has 2 aromatic heterocycles. The van der Waals surface area contributed by atoms with Crippen molar-refractivity contribution in [2.24, 2.45) is 0 Å². The van der Waals surface area contributed by atoms with Gasteiger partial charge in [-0.25, -0.2) is 14.9 Å². The van der Waals surface area contributed by atoms with Gasteiger partial charge >= 0.3 is 6.03 Å². The van der Waals surface area contributed by atoms with Gasteiger partial charge < -0.3 is 5.32 Å². The lowest BCUT2D eigenvalue weighted by Crippen LogP contribution is -2.39. The molecule has 0 saturated carbocycles. The van der Waals surface area contributed by atoms with Crippen LogP contribution in [0, 0.1) is 13.8 Å². The Morgan fingerprint density at radius 1 is 1.17 bits per heavy atom. The van der Waals surface area contributed by atoms with Crippen LogP contribution in [0.4, 0.5) is 10.5 Å². The summed E-state index contributed by atoms with van der Waals surface area (Å²) in [5.41, 5.74) is 4.44. The number of aryl methyl sites for hydroxylation is 2. The van der Waals surface area contributed by atoms with Crippen LogP contribution in [-0.2, 0) is 4.79 Å². The monoisotopic (exact) mass is 408 g/mol. The number of imide groups is 1. The Hall–Kier alpha value is -3.33. The number of carbonyl (C=O) groups is 2. The van der Waals surface area contributed by atoms with Gasteiger partial charge in [-0.2, -0.15) is 0 Å². The Balaban J connectivity index is 1.44. The summed E-state index contributed by atoms with van der Waals surface area (Å²) < 4.78 is 1.86. The van der Waals surface area contributed by atoms with Crippen LogP contribution in [0.3, 0.4) is 0 Å². The number of thioether (sulfide) groups is 1. The fourth-order valence-electron chi connectivity index (χ4n) is 3.05. The summed E-state index contributed by atoms with van der Waals surface area (Å²) in [4.78, 5) is 29.2. The molecule has 4 rings (SSSR count). The van der Waals surface area contributed by atoms with Crippen LogP contribution in [0.5, 0.6) is 0 Å². The molecular weight excluding hydrogens is 388 g/mol. The molecule has 0 spiro atoms. The second kappa shape index (κ2) is 7.59. The number of benzene rings is 2. The number of nitrogens with zero attached hydrogens (tertiary/aromatic N) is 3. The number of carbonyl (C=O) groups excluding carboxylic acids is 2. The molecule has 3 amide bonds. The zero-order valence-corrected chi connectivity index (χ0v) is 17.0. The second-order valence-electron chi connectivity index (χ2n) is 6.79. The Morgan fingerprint density at radius 3 is 2.76 bits per heavy atom. The summed E-state index contributed by atoms with van der Waals surface area (Å²) in [5.74, 6) is 0.201. The summed E-state index contributed by atoms with van der Waals surface area (Å²) in [6.45, 7) is 5.61. The molecule has 3 N–H and O–H groups in total. The largest absolute Gasteiger partial charge is 0.325 e. The number of aromatic amines is 1. The molecule has 8 nitrogen and oxygen atoms in total. The number of aromatic nitrogens is 4. The number of anilines is 1. The van der Waals surface area contributed by atoms with Gasteiger partial charge in [0.1, 0.15) is 0 Å². The van der Waals surface area contributed by atoms with E-state index >= 15 is 0 Å². The highest BCUT2D eigenvalue weighted by Crippen LogP contribution is 2.26. The number of H-pyrrole nitrogens is 1. The number of urea groups is 1. The van der Waals surface area contributed by atoms with Gasteiger partial charge in [0, 0.05) is 5.69 Å². The lowest BCUT2D eigenvalue weighted by molar-refractivity contribution is -0.119. The number of amides is 3. The number of hydrogen-bond donors (Lipinski definition) is 3. The molecule has 1 atom stereocenters. The lowest BCUT2D eigenvalue weighted by Gasteiger charge is -2.12. The number of rotatable bonds is 4. The van der Waals surface area contributed by atoms with Gasteiger partial charge in [-0.1, -0.05) is 41.6 Å². The molecule has 0 aliphatic carbocycles. The van der Waals surface area contributed by atoms with E-state index in [9.17, 15) is 9.59 Å². The zero-order chi connectivity index (χ0) is 20.5. The van der Waals surface area contributed by atoms with Crippen molar-refractivity contribution in [1.29, 1.82) is 0 Å². The molecule has 0 saturated heterocycles. The number of para-hydroxylation sites is 2. The predicted octanol–water partition coefficient (Wildman–Crippen LogP) is 3.66. The smallest absolute Gasteiger partial charge is 0.307 e. The van der Waals surface area contributed by atoms with Gasteiger partial charge in [0.2, 0.25) is 11.7 Å². The van der Waals surface area contributed by atoms with Gasteiger partial charge in [0.25, 0.3) is 0 Å². The van der Waals surface area contributed by atoms with Crippen molar-refractivity contribution in [2.45, 2.75) is 31.2 Å². The van der Waals surface area contributed by atoms with Crippen LogP contribution in [0.2, 0.25) is 0 Å². The number of fused-ring (bicyclic) bond motifs is 3. The van der Waals surface area contributed by atoms with E-state index in [0.717, 1.165) is 22.2 Å². The quantitative estimate of drug-likeness (QED) is 0.447. The summed E-state index contributed by atoms with van der Waals surface area (Å²) >= 11 is 1.25. The van der Waals surface area contributed by atoms with Crippen LogP contribution in [0.15, 0.2) is 47.6 Å². The molecule has 9 heteroatoms. The van der Waals surface area contributed by atoms with E-state index in [1.807, 2.05) is 60.7 Å². The van der Waals surface area contributed by atoms with Gasteiger partial charge in [-0.15, -0.1) is 5.10 Å². The zero-order valence-electron chi connectivity index (χ0n) is 16.2. The van der Waals surface area contributed by atoms with Crippen molar-refractivity contribution >= 4 is 46.2 Å². The first-order valence-corrected chi connectivity index (χ1v) is 9.97. The average molecular weight is 408 g/mol. The molecule has 2 heterocycles. The molecular formula is C20H20N6O2S. The topological polar surface area (TPSA) is 104 Å². The van der Waals surface area contributed by atoms with Crippen LogP contribution >= 0.6 is 11.8 Å². The molecule has 1 unspecified atom stereocenters. The summed E-state index contributed by atoms with van der Waals surface area (Å²) in [7, 11) is 0. The van der Waals surface area contributed by atoms with Gasteiger partial charge in [-0.05, 0) is 44.5 Å². The summed E-state index contributed by atoms with van der Waals surface area (Å²) in [6.07, 6.45) is 0. The first-order chi connectivity index (χ1) is 13.9. The second-order valence-corrected chi connectivity index (χ2v) is 8.10. The maximum atomic E-state index is 12.5. The minimum Gasteiger partial charge on any atom is -0.307 e. The van der Waals surface area contributed by atoms with Crippen LogP contribution < -0.4 is 10.6 Å². The predicted molar refractivity (Wildman–Crippen MR) is 113 cm³/mol. The normalized spacial score (nSPS) is 12.2. The average Bonchev–Trinajstić information content (AvgIpc) is 3.23. The summed E-state index contributed by atoms with van der Waals surface area (Å²) in [6, 6.07) is 12.8. The van der Waals surface area contributed by atoms with E-state index in [0.29, 0.717) is 16.6 Å². The fraction of sp³-hybridized carbons (Fsp3) is 0.200. The van der Waals surface area contributed by atoms with Gasteiger partial charge in [0.05, 0.1) is 16.3 Å². The van der Waals surface area contributed by atoms with E-state index in [4.69, 9.17) is 0 Å². The summed E-state index contributed by atoms with van der Waals surface area (Å²) in [5, 5.41) is 12.3. The Kier molecular flexibility index (Phi) is 4.98. The third-order valence-electron chi connectivity index (χ3n) is 4.52. The number of hydrogen-bond acceptors (Lipinski definition) is 5. The molecule has 148 valence electrons. The van der Waals surface area contributed by atoms with E-state index in [1.165, 1.54) is 11.8 Å². The minimum atomic E-state index is -0.561. The highest BCUT2D eigenvalue weighted by molar-refractivity contribution is 8.00. The Morgan fingerprint density at radius 2 is 1.97 bits per heavy atom. The molecule has 0 bridgehead atoms. The molecule has 0 aliphatic heterocycles. The van der Waals surface area contributed by atoms with E-state index in [-0.39, 0.29) is 0 Å². The van der Waals surface area contributed by atoms with E-state index < -0.39 is 17.2 Å². The SMILES string of the molecule is Cc1ccc(NC(=O)NC(=O)C(C)Sc2n[nH]c3nc4ccccc4n23)c(C)c1. The Bertz CT molecular complexity index is 1230.